The third kappa shape index (κ3) is 3.75. The normalized spacial score (nSPS) is 28.2. The van der Waals surface area contributed by atoms with Gasteiger partial charge >= 0.3 is 0 Å². The van der Waals surface area contributed by atoms with Crippen molar-refractivity contribution in [3.63, 3.8) is 0 Å². The van der Waals surface area contributed by atoms with Crippen molar-refractivity contribution in [1.29, 1.82) is 0 Å². The van der Waals surface area contributed by atoms with Crippen molar-refractivity contribution in [3.05, 3.63) is 66.8 Å². The Labute approximate surface area is 156 Å². The van der Waals surface area contributed by atoms with E-state index < -0.39 is 0 Å². The lowest BCUT2D eigenvalue weighted by Crippen LogP contribution is -2.16. The van der Waals surface area contributed by atoms with Crippen LogP contribution in [-0.4, -0.2) is 5.91 Å². The molecular weight excluding hydrogens is 318 g/mol. The molecule has 1 amide bonds. The van der Waals surface area contributed by atoms with Crippen LogP contribution in [0.15, 0.2) is 66.8 Å². The number of benzene rings is 2. The summed E-state index contributed by atoms with van der Waals surface area (Å²) >= 11 is 0. The highest BCUT2D eigenvalue weighted by Gasteiger charge is 2.52. The van der Waals surface area contributed by atoms with Crippen molar-refractivity contribution in [3.8, 4) is 0 Å². The zero-order chi connectivity index (χ0) is 17.8. The summed E-state index contributed by atoms with van der Waals surface area (Å²) in [6.07, 6.45) is 15.9. The lowest BCUT2D eigenvalue weighted by atomic mass is 10.1. The smallest absolute Gasteiger partial charge is 0.228 e. The first kappa shape index (κ1) is 17.1. The summed E-state index contributed by atoms with van der Waals surface area (Å²) in [5, 5.41) is 5.51. The largest absolute Gasteiger partial charge is 0.325 e. The van der Waals surface area contributed by atoms with Crippen molar-refractivity contribution < 1.29 is 4.79 Å². The average molecular weight is 345 g/mol. The number of hydrogen-bond donors (Lipinski definition) is 1. The topological polar surface area (TPSA) is 29.1 Å². The van der Waals surface area contributed by atoms with Crippen molar-refractivity contribution in [2.45, 2.75) is 38.5 Å². The van der Waals surface area contributed by atoms with Crippen LogP contribution in [0, 0.1) is 17.8 Å². The van der Waals surface area contributed by atoms with E-state index in [1.807, 2.05) is 24.3 Å². The van der Waals surface area contributed by atoms with Gasteiger partial charge in [0.1, 0.15) is 0 Å². The molecule has 0 bridgehead atoms. The molecule has 2 aromatic rings. The highest BCUT2D eigenvalue weighted by molar-refractivity contribution is 6.03. The van der Waals surface area contributed by atoms with Gasteiger partial charge in [0.15, 0.2) is 0 Å². The second kappa shape index (κ2) is 7.90. The average Bonchev–Trinajstić information content (AvgIpc) is 3.34. The van der Waals surface area contributed by atoms with Gasteiger partial charge in [0.25, 0.3) is 0 Å². The fraction of sp³-hybridized carbons (Fsp3) is 0.375. The van der Waals surface area contributed by atoms with Gasteiger partial charge < -0.3 is 5.32 Å². The molecule has 0 spiro atoms. The van der Waals surface area contributed by atoms with Gasteiger partial charge in [-0.15, -0.1) is 0 Å². The van der Waals surface area contributed by atoms with E-state index >= 15 is 0 Å². The second-order valence-corrected chi connectivity index (χ2v) is 7.54. The quantitative estimate of drug-likeness (QED) is 0.654. The van der Waals surface area contributed by atoms with E-state index in [0.717, 1.165) is 49.6 Å². The van der Waals surface area contributed by atoms with E-state index in [9.17, 15) is 4.79 Å². The summed E-state index contributed by atoms with van der Waals surface area (Å²) < 4.78 is 0. The minimum atomic E-state index is 0.177. The van der Waals surface area contributed by atoms with E-state index in [-0.39, 0.29) is 11.8 Å². The number of carbonyl (C=O) groups excluding carboxylic acids is 1. The van der Waals surface area contributed by atoms with Gasteiger partial charge in [-0.2, -0.15) is 0 Å². The van der Waals surface area contributed by atoms with Crippen molar-refractivity contribution >= 4 is 22.4 Å². The van der Waals surface area contributed by atoms with Crippen molar-refractivity contribution in [2.24, 2.45) is 17.8 Å². The van der Waals surface area contributed by atoms with E-state index in [4.69, 9.17) is 0 Å². The Morgan fingerprint density at radius 3 is 2.12 bits per heavy atom. The van der Waals surface area contributed by atoms with Crippen LogP contribution in [0.4, 0.5) is 5.69 Å². The molecule has 1 unspecified atom stereocenters. The molecule has 26 heavy (non-hydrogen) atoms. The number of hydrogen-bond acceptors (Lipinski definition) is 1. The van der Waals surface area contributed by atoms with Gasteiger partial charge in [-0.3, -0.25) is 4.79 Å². The Bertz CT molecular complexity index is 806. The molecule has 2 nitrogen and oxygen atoms in total. The molecule has 0 saturated heterocycles. The Balaban J connectivity index is 1.47. The van der Waals surface area contributed by atoms with Crippen LogP contribution < -0.4 is 5.32 Å². The molecule has 134 valence electrons. The van der Waals surface area contributed by atoms with Crippen LogP contribution in [0.5, 0.6) is 0 Å². The predicted molar refractivity (Wildman–Crippen MR) is 109 cm³/mol. The maximum Gasteiger partial charge on any atom is 0.228 e. The van der Waals surface area contributed by atoms with Crippen LogP contribution in [0.3, 0.4) is 0 Å². The minimum absolute atomic E-state index is 0.177. The number of nitrogens with one attached hydrogen (secondary N) is 1. The third-order valence-corrected chi connectivity index (χ3v) is 5.85. The van der Waals surface area contributed by atoms with E-state index in [0.29, 0.717) is 11.8 Å². The summed E-state index contributed by atoms with van der Waals surface area (Å²) in [6, 6.07) is 14.4. The fourth-order valence-electron chi connectivity index (χ4n) is 4.41. The van der Waals surface area contributed by atoms with Gasteiger partial charge in [-0.05, 0) is 61.8 Å². The summed E-state index contributed by atoms with van der Waals surface area (Å²) in [6.45, 7) is 0. The van der Waals surface area contributed by atoms with Crippen LogP contribution in [0.2, 0.25) is 0 Å². The SMILES string of the molecule is O=C(Nc1cccc2ccccc12)C1[C@H]2CC/C=C\CC/C=C/CC[C@@H]12. The van der Waals surface area contributed by atoms with E-state index in [2.05, 4.69) is 47.8 Å². The first-order valence-corrected chi connectivity index (χ1v) is 9.93. The Kier molecular flexibility index (Phi) is 5.19. The fourth-order valence-corrected chi connectivity index (χ4v) is 4.41. The van der Waals surface area contributed by atoms with Gasteiger partial charge in [-0.1, -0.05) is 60.7 Å². The molecule has 4 rings (SSSR count). The van der Waals surface area contributed by atoms with Gasteiger partial charge in [-0.25, -0.2) is 0 Å². The molecule has 1 N–H and O–H groups in total. The standard InChI is InChI=1S/C24H27NO/c26-24(25-22-17-11-13-18-12-9-10-14-19(18)22)23-20-15-7-5-3-1-2-4-6-8-16-21(20)23/h3-6,9-14,17,20-21,23H,1-2,7-8,15-16H2,(H,25,26)/b5-3-,6-4+/t20-,21+,23?/m0/s1. The molecule has 2 aliphatic rings. The number of allylic oxidation sites excluding steroid dienone is 4. The monoisotopic (exact) mass is 345 g/mol. The Morgan fingerprint density at radius 1 is 0.769 bits per heavy atom. The highest BCUT2D eigenvalue weighted by Crippen LogP contribution is 2.52. The maximum atomic E-state index is 13.0. The Hall–Kier alpha value is -2.35. The van der Waals surface area contributed by atoms with Crippen LogP contribution in [0.1, 0.15) is 38.5 Å². The van der Waals surface area contributed by atoms with Gasteiger partial charge in [0, 0.05) is 17.0 Å². The summed E-state index contributed by atoms with van der Waals surface area (Å²) in [5.74, 6) is 1.47. The van der Waals surface area contributed by atoms with Crippen LogP contribution >= 0.6 is 0 Å². The lowest BCUT2D eigenvalue weighted by molar-refractivity contribution is -0.117. The molecule has 0 aliphatic heterocycles. The summed E-state index contributed by atoms with van der Waals surface area (Å²) in [4.78, 5) is 13.0. The lowest BCUT2D eigenvalue weighted by Gasteiger charge is -2.09. The van der Waals surface area contributed by atoms with Crippen LogP contribution in [-0.2, 0) is 4.79 Å². The van der Waals surface area contributed by atoms with Gasteiger partial charge in [0.2, 0.25) is 5.91 Å². The highest BCUT2D eigenvalue weighted by atomic mass is 16.2. The van der Waals surface area contributed by atoms with Crippen molar-refractivity contribution in [1.82, 2.24) is 0 Å². The van der Waals surface area contributed by atoms with Crippen molar-refractivity contribution in [2.75, 3.05) is 5.32 Å². The number of amides is 1. The van der Waals surface area contributed by atoms with Crippen LogP contribution in [0.25, 0.3) is 10.8 Å². The van der Waals surface area contributed by atoms with E-state index in [1.54, 1.807) is 0 Å². The number of rotatable bonds is 2. The molecule has 2 aliphatic carbocycles. The van der Waals surface area contributed by atoms with Gasteiger partial charge in [0.05, 0.1) is 0 Å². The predicted octanol–water partition coefficient (Wildman–Crippen LogP) is 6.11. The molecule has 1 saturated carbocycles. The molecule has 0 aromatic heterocycles. The summed E-state index contributed by atoms with van der Waals surface area (Å²) in [7, 11) is 0. The molecule has 1 fully saturated rings. The molecular formula is C24H27NO. The second-order valence-electron chi connectivity index (χ2n) is 7.54. The number of anilines is 1. The zero-order valence-electron chi connectivity index (χ0n) is 15.2. The minimum Gasteiger partial charge on any atom is -0.325 e. The third-order valence-electron chi connectivity index (χ3n) is 5.85. The first-order chi connectivity index (χ1) is 12.8. The maximum absolute atomic E-state index is 13.0. The number of fused-ring (bicyclic) bond motifs is 2. The van der Waals surface area contributed by atoms with E-state index in [1.165, 1.54) is 5.39 Å². The molecule has 2 aromatic carbocycles. The molecule has 0 radical (unpaired) electrons. The first-order valence-electron chi connectivity index (χ1n) is 9.93. The molecule has 0 heterocycles. The molecule has 2 heteroatoms. The summed E-state index contributed by atoms with van der Waals surface area (Å²) in [5.41, 5.74) is 0.940. The zero-order valence-corrected chi connectivity index (χ0v) is 15.2. The Morgan fingerprint density at radius 2 is 1.38 bits per heavy atom. The number of carbonyl (C=O) groups is 1. The molecule has 3 atom stereocenters.